The molecule has 30 heavy (non-hydrogen) atoms. The first-order valence-electron chi connectivity index (χ1n) is 9.79. The first kappa shape index (κ1) is 21.1. The van der Waals surface area contributed by atoms with Gasteiger partial charge in [0.15, 0.2) is 0 Å². The summed E-state index contributed by atoms with van der Waals surface area (Å²) in [4.78, 5) is 17.1. The van der Waals surface area contributed by atoms with Crippen LogP contribution in [-0.4, -0.2) is 49.6 Å². The van der Waals surface area contributed by atoms with Gasteiger partial charge in [0.05, 0.1) is 11.7 Å². The molecule has 0 aliphatic carbocycles. The Morgan fingerprint density at radius 2 is 1.97 bits per heavy atom. The monoisotopic (exact) mass is 488 g/mol. The van der Waals surface area contributed by atoms with Crippen molar-refractivity contribution in [2.75, 3.05) is 13.1 Å². The van der Waals surface area contributed by atoms with Crippen LogP contribution in [0.25, 0.3) is 17.1 Å². The number of nitrogens with zero attached hydrogens (tertiary/aromatic N) is 4. The summed E-state index contributed by atoms with van der Waals surface area (Å²) in [5.74, 6) is -0.219. The molecule has 2 heterocycles. The van der Waals surface area contributed by atoms with Crippen LogP contribution in [0.3, 0.4) is 0 Å². The standard InChI is InChI=1S/C22H22BrFN4OS/c1-14-12-28(15(2)11-27(14)13-16-3-6-18(24)7-4-16)21(29)8-5-17-9-19(23)22-20(10-17)25-30-26-22/h3-10,14-15H,11-13H2,1-2H3/b8-5+/t14-,15+/m1/s1. The normalized spacial score (nSPS) is 20.3. The third kappa shape index (κ3) is 4.61. The fraction of sp³-hybridized carbons (Fsp3) is 0.318. The number of carbonyl (C=O) groups is 1. The van der Waals surface area contributed by atoms with Gasteiger partial charge in [0.2, 0.25) is 5.91 Å². The van der Waals surface area contributed by atoms with Crippen molar-refractivity contribution < 1.29 is 9.18 Å². The maximum Gasteiger partial charge on any atom is 0.246 e. The van der Waals surface area contributed by atoms with Crippen molar-refractivity contribution in [3.05, 3.63) is 63.9 Å². The van der Waals surface area contributed by atoms with Crippen molar-refractivity contribution in [1.29, 1.82) is 0 Å². The van der Waals surface area contributed by atoms with Gasteiger partial charge in [-0.1, -0.05) is 12.1 Å². The lowest BCUT2D eigenvalue weighted by Crippen LogP contribution is -2.57. The highest BCUT2D eigenvalue weighted by molar-refractivity contribution is 9.10. The van der Waals surface area contributed by atoms with Crippen molar-refractivity contribution >= 4 is 50.7 Å². The van der Waals surface area contributed by atoms with E-state index >= 15 is 0 Å². The number of carbonyl (C=O) groups excluding carboxylic acids is 1. The van der Waals surface area contributed by atoms with Crippen molar-refractivity contribution in [1.82, 2.24) is 18.5 Å². The van der Waals surface area contributed by atoms with E-state index in [2.05, 4.69) is 43.4 Å². The molecule has 1 aromatic heterocycles. The molecule has 1 saturated heterocycles. The fourth-order valence-corrected chi connectivity index (χ4v) is 4.99. The number of halogens is 2. The average Bonchev–Trinajstić information content (AvgIpc) is 3.19. The Kier molecular flexibility index (Phi) is 6.26. The van der Waals surface area contributed by atoms with E-state index in [9.17, 15) is 9.18 Å². The number of hydrogen-bond acceptors (Lipinski definition) is 5. The Balaban J connectivity index is 1.42. The quantitative estimate of drug-likeness (QED) is 0.498. The Bertz CT molecular complexity index is 1080. The van der Waals surface area contributed by atoms with Crippen molar-refractivity contribution in [2.45, 2.75) is 32.5 Å². The molecule has 1 aliphatic heterocycles. The van der Waals surface area contributed by atoms with Crippen LogP contribution in [-0.2, 0) is 11.3 Å². The molecule has 1 aliphatic rings. The van der Waals surface area contributed by atoms with Crippen LogP contribution in [0.2, 0.25) is 0 Å². The summed E-state index contributed by atoms with van der Waals surface area (Å²) in [5.41, 5.74) is 3.64. The van der Waals surface area contributed by atoms with Crippen molar-refractivity contribution in [3.63, 3.8) is 0 Å². The largest absolute Gasteiger partial charge is 0.334 e. The van der Waals surface area contributed by atoms with Gasteiger partial charge in [0.1, 0.15) is 16.9 Å². The van der Waals surface area contributed by atoms with Gasteiger partial charge in [0.25, 0.3) is 0 Å². The molecular formula is C22H22BrFN4OS. The molecule has 0 saturated carbocycles. The van der Waals surface area contributed by atoms with Gasteiger partial charge in [-0.2, -0.15) is 8.75 Å². The third-order valence-corrected chi connectivity index (χ3v) is 6.60. The Morgan fingerprint density at radius 1 is 1.20 bits per heavy atom. The minimum Gasteiger partial charge on any atom is -0.334 e. The molecule has 2 atom stereocenters. The second-order valence-corrected chi connectivity index (χ2v) is 9.10. The summed E-state index contributed by atoms with van der Waals surface area (Å²) in [6.07, 6.45) is 3.46. The van der Waals surface area contributed by atoms with E-state index in [0.717, 1.165) is 39.7 Å². The van der Waals surface area contributed by atoms with Crippen molar-refractivity contribution in [2.24, 2.45) is 0 Å². The zero-order valence-electron chi connectivity index (χ0n) is 16.8. The molecule has 1 amide bonds. The van der Waals surface area contributed by atoms with Crippen LogP contribution < -0.4 is 0 Å². The Hall–Kier alpha value is -2.16. The molecular weight excluding hydrogens is 467 g/mol. The summed E-state index contributed by atoms with van der Waals surface area (Å²) >= 11 is 4.69. The van der Waals surface area contributed by atoms with Crippen LogP contribution >= 0.6 is 27.7 Å². The van der Waals surface area contributed by atoms with E-state index in [-0.39, 0.29) is 23.8 Å². The predicted molar refractivity (Wildman–Crippen MR) is 122 cm³/mol. The zero-order valence-corrected chi connectivity index (χ0v) is 19.2. The fourth-order valence-electron chi connectivity index (χ4n) is 3.78. The number of hydrogen-bond donors (Lipinski definition) is 0. The number of aromatic nitrogens is 2. The molecule has 3 aromatic rings. The van der Waals surface area contributed by atoms with E-state index in [1.54, 1.807) is 6.08 Å². The summed E-state index contributed by atoms with van der Waals surface area (Å²) in [7, 11) is 0. The molecule has 0 bridgehead atoms. The lowest BCUT2D eigenvalue weighted by molar-refractivity contribution is -0.131. The van der Waals surface area contributed by atoms with Gasteiger partial charge < -0.3 is 4.90 Å². The SMILES string of the molecule is C[C@@H]1CN(C(=O)/C=C/c2cc(Br)c3nsnc3c2)[C@@H](C)CN1Cc1ccc(F)cc1. The highest BCUT2D eigenvalue weighted by atomic mass is 79.9. The first-order chi connectivity index (χ1) is 14.4. The second kappa shape index (κ2) is 8.91. The Labute approximate surface area is 187 Å². The van der Waals surface area contributed by atoms with Gasteiger partial charge in [-0.25, -0.2) is 4.39 Å². The minimum atomic E-state index is -0.223. The predicted octanol–water partition coefficient (Wildman–Crippen LogP) is 4.73. The molecule has 1 fully saturated rings. The lowest BCUT2D eigenvalue weighted by atomic mass is 10.1. The Morgan fingerprint density at radius 3 is 2.73 bits per heavy atom. The first-order valence-corrected chi connectivity index (χ1v) is 11.3. The van der Waals surface area contributed by atoms with Crippen LogP contribution in [0.4, 0.5) is 4.39 Å². The van der Waals surface area contributed by atoms with Gasteiger partial charge in [0, 0.05) is 42.3 Å². The van der Waals surface area contributed by atoms with Crippen LogP contribution in [0.15, 0.2) is 46.9 Å². The van der Waals surface area contributed by atoms with Crippen LogP contribution in [0, 0.1) is 5.82 Å². The number of benzene rings is 2. The number of piperazine rings is 1. The molecule has 4 rings (SSSR count). The minimum absolute atomic E-state index is 0.00315. The van der Waals surface area contributed by atoms with E-state index in [4.69, 9.17) is 0 Å². The molecule has 5 nitrogen and oxygen atoms in total. The second-order valence-electron chi connectivity index (χ2n) is 7.71. The molecule has 0 spiro atoms. The summed E-state index contributed by atoms with van der Waals surface area (Å²) < 4.78 is 22.5. The van der Waals surface area contributed by atoms with E-state index in [1.807, 2.05) is 35.2 Å². The molecule has 0 N–H and O–H groups in total. The average molecular weight is 489 g/mol. The van der Waals surface area contributed by atoms with E-state index in [0.29, 0.717) is 6.54 Å². The van der Waals surface area contributed by atoms with Crippen LogP contribution in [0.1, 0.15) is 25.0 Å². The third-order valence-electron chi connectivity index (χ3n) is 5.45. The van der Waals surface area contributed by atoms with Gasteiger partial charge in [-0.3, -0.25) is 9.69 Å². The molecule has 0 radical (unpaired) electrons. The number of rotatable bonds is 4. The number of amides is 1. The zero-order chi connectivity index (χ0) is 21.3. The number of fused-ring (bicyclic) bond motifs is 1. The molecule has 0 unspecified atom stereocenters. The smallest absolute Gasteiger partial charge is 0.246 e. The van der Waals surface area contributed by atoms with Gasteiger partial charge >= 0.3 is 0 Å². The van der Waals surface area contributed by atoms with Crippen LogP contribution in [0.5, 0.6) is 0 Å². The van der Waals surface area contributed by atoms with E-state index in [1.165, 1.54) is 23.9 Å². The maximum absolute atomic E-state index is 13.1. The topological polar surface area (TPSA) is 49.3 Å². The summed E-state index contributed by atoms with van der Waals surface area (Å²) in [6, 6.07) is 10.8. The summed E-state index contributed by atoms with van der Waals surface area (Å²) in [6.45, 7) is 6.38. The van der Waals surface area contributed by atoms with E-state index < -0.39 is 0 Å². The maximum atomic E-state index is 13.1. The van der Waals surface area contributed by atoms with Crippen molar-refractivity contribution in [3.8, 4) is 0 Å². The summed E-state index contributed by atoms with van der Waals surface area (Å²) in [5, 5.41) is 0. The molecule has 8 heteroatoms. The molecule has 2 aromatic carbocycles. The van der Waals surface area contributed by atoms with Gasteiger partial charge in [-0.15, -0.1) is 0 Å². The van der Waals surface area contributed by atoms with Gasteiger partial charge in [-0.05, 0) is 71.2 Å². The lowest BCUT2D eigenvalue weighted by Gasteiger charge is -2.44. The highest BCUT2D eigenvalue weighted by Gasteiger charge is 2.31. The highest BCUT2D eigenvalue weighted by Crippen LogP contribution is 2.25. The molecule has 156 valence electrons.